The molecule has 0 aromatic carbocycles. The van der Waals surface area contributed by atoms with E-state index in [0.29, 0.717) is 11.6 Å². The number of nitrogens with one attached hydrogen (secondary N) is 2. The lowest BCUT2D eigenvalue weighted by Crippen LogP contribution is -2.58. The van der Waals surface area contributed by atoms with Crippen molar-refractivity contribution in [2.45, 2.75) is 69.4 Å². The molecule has 5 heteroatoms. The summed E-state index contributed by atoms with van der Waals surface area (Å²) in [5, 5.41) is 7.35. The van der Waals surface area contributed by atoms with Gasteiger partial charge >= 0.3 is 0 Å². The molecule has 3 fully saturated rings. The van der Waals surface area contributed by atoms with Gasteiger partial charge in [-0.15, -0.1) is 0 Å². The molecule has 3 rings (SSSR count). The van der Waals surface area contributed by atoms with Crippen LogP contribution in [0, 0.1) is 0 Å². The monoisotopic (exact) mass is 338 g/mol. The van der Waals surface area contributed by atoms with Crippen molar-refractivity contribution < 1.29 is 0 Å². The average molecular weight is 339 g/mol. The van der Waals surface area contributed by atoms with Gasteiger partial charge in [-0.3, -0.25) is 9.89 Å². The lowest BCUT2D eigenvalue weighted by Gasteiger charge is -2.44. The molecular weight excluding hydrogens is 304 g/mol. The van der Waals surface area contributed by atoms with Gasteiger partial charge < -0.3 is 10.6 Å². The third kappa shape index (κ3) is 4.56. The molecule has 3 aliphatic rings. The van der Waals surface area contributed by atoms with Crippen LogP contribution in [0.25, 0.3) is 0 Å². The Morgan fingerprint density at radius 3 is 2.43 bits per heavy atom. The predicted octanol–water partition coefficient (Wildman–Crippen LogP) is 2.85. The van der Waals surface area contributed by atoms with Gasteiger partial charge in [0.15, 0.2) is 5.96 Å². The fourth-order valence-electron chi connectivity index (χ4n) is 4.56. The van der Waals surface area contributed by atoms with Crippen LogP contribution in [-0.4, -0.2) is 60.6 Å². The number of aliphatic imine (C=N–C) groups is 1. The maximum absolute atomic E-state index is 4.49. The Morgan fingerprint density at radius 2 is 1.78 bits per heavy atom. The normalized spacial score (nSPS) is 27.1. The van der Waals surface area contributed by atoms with Crippen LogP contribution in [0.4, 0.5) is 0 Å². The van der Waals surface area contributed by atoms with E-state index in [1.807, 2.05) is 7.05 Å². The standard InChI is InChI=1S/C18H34N4S/c1-19-17(21-16-7-3-2-4-8-16)20-15-18(9-5-6-10-18)22-11-13-23-14-12-22/h16H,2-15H2,1H3,(H2,19,20,21). The van der Waals surface area contributed by atoms with E-state index in [1.165, 1.54) is 82.4 Å². The molecule has 0 amide bonds. The van der Waals surface area contributed by atoms with Crippen LogP contribution in [0.1, 0.15) is 57.8 Å². The molecule has 1 aliphatic heterocycles. The molecule has 1 heterocycles. The largest absolute Gasteiger partial charge is 0.355 e. The second-order valence-electron chi connectivity index (χ2n) is 7.44. The quantitative estimate of drug-likeness (QED) is 0.611. The molecule has 0 spiro atoms. The molecule has 0 aromatic rings. The molecule has 0 unspecified atom stereocenters. The summed E-state index contributed by atoms with van der Waals surface area (Å²) >= 11 is 2.11. The lowest BCUT2D eigenvalue weighted by atomic mass is 9.94. The van der Waals surface area contributed by atoms with Crippen molar-refractivity contribution in [1.29, 1.82) is 0 Å². The summed E-state index contributed by atoms with van der Waals surface area (Å²) in [7, 11) is 1.91. The molecule has 4 nitrogen and oxygen atoms in total. The van der Waals surface area contributed by atoms with Crippen molar-refractivity contribution in [3.8, 4) is 0 Å². The van der Waals surface area contributed by atoms with Crippen LogP contribution in [0.2, 0.25) is 0 Å². The first-order valence-corrected chi connectivity index (χ1v) is 10.8. The average Bonchev–Trinajstić information content (AvgIpc) is 3.10. The summed E-state index contributed by atoms with van der Waals surface area (Å²) in [4.78, 5) is 7.27. The third-order valence-corrected chi connectivity index (χ3v) is 6.91. The van der Waals surface area contributed by atoms with Gasteiger partial charge in [-0.2, -0.15) is 11.8 Å². The Kier molecular flexibility index (Phi) is 6.52. The van der Waals surface area contributed by atoms with E-state index in [4.69, 9.17) is 0 Å². The number of thioether (sulfide) groups is 1. The number of nitrogens with zero attached hydrogens (tertiary/aromatic N) is 2. The van der Waals surface area contributed by atoms with Crippen LogP contribution >= 0.6 is 11.8 Å². The van der Waals surface area contributed by atoms with E-state index < -0.39 is 0 Å². The summed E-state index contributed by atoms with van der Waals surface area (Å²) in [5.74, 6) is 3.63. The van der Waals surface area contributed by atoms with Gasteiger partial charge in [-0.1, -0.05) is 32.1 Å². The summed E-state index contributed by atoms with van der Waals surface area (Å²) in [5.41, 5.74) is 0.380. The van der Waals surface area contributed by atoms with Gasteiger partial charge in [0.1, 0.15) is 0 Å². The minimum atomic E-state index is 0.380. The molecule has 0 bridgehead atoms. The molecular formula is C18H34N4S. The lowest BCUT2D eigenvalue weighted by molar-refractivity contribution is 0.107. The highest BCUT2D eigenvalue weighted by Gasteiger charge is 2.40. The Hall–Kier alpha value is -0.420. The number of rotatable bonds is 4. The molecule has 1 saturated heterocycles. The van der Waals surface area contributed by atoms with E-state index in [1.54, 1.807) is 0 Å². The number of guanidine groups is 1. The molecule has 2 N–H and O–H groups in total. The van der Waals surface area contributed by atoms with Crippen molar-refractivity contribution in [1.82, 2.24) is 15.5 Å². The number of hydrogen-bond acceptors (Lipinski definition) is 3. The summed E-state index contributed by atoms with van der Waals surface area (Å²) < 4.78 is 0. The third-order valence-electron chi connectivity index (χ3n) is 5.97. The van der Waals surface area contributed by atoms with Crippen LogP contribution in [0.3, 0.4) is 0 Å². The Balaban J connectivity index is 1.54. The SMILES string of the molecule is CN=C(NCC1(N2CCSCC2)CCCC1)NC1CCCCC1. The van der Waals surface area contributed by atoms with E-state index in [9.17, 15) is 0 Å². The second kappa shape index (κ2) is 8.61. The van der Waals surface area contributed by atoms with Gasteiger partial charge in [-0.25, -0.2) is 0 Å². The zero-order valence-electron chi connectivity index (χ0n) is 14.8. The van der Waals surface area contributed by atoms with E-state index >= 15 is 0 Å². The fraction of sp³-hybridized carbons (Fsp3) is 0.944. The minimum Gasteiger partial charge on any atom is -0.355 e. The first kappa shape index (κ1) is 17.4. The van der Waals surface area contributed by atoms with E-state index in [2.05, 4.69) is 32.3 Å². The van der Waals surface area contributed by atoms with Gasteiger partial charge in [0, 0.05) is 49.8 Å². The van der Waals surface area contributed by atoms with Crippen molar-refractivity contribution in [3.63, 3.8) is 0 Å². The Morgan fingerprint density at radius 1 is 1.09 bits per heavy atom. The van der Waals surface area contributed by atoms with Gasteiger partial charge in [0.25, 0.3) is 0 Å². The molecule has 0 aromatic heterocycles. The fourth-order valence-corrected chi connectivity index (χ4v) is 5.46. The first-order valence-electron chi connectivity index (χ1n) is 9.62. The van der Waals surface area contributed by atoms with Crippen LogP contribution < -0.4 is 10.6 Å². The summed E-state index contributed by atoms with van der Waals surface area (Å²) in [6, 6.07) is 0.626. The van der Waals surface area contributed by atoms with Gasteiger partial charge in [-0.05, 0) is 25.7 Å². The van der Waals surface area contributed by atoms with Gasteiger partial charge in [0.05, 0.1) is 0 Å². The van der Waals surface area contributed by atoms with Crippen molar-refractivity contribution in [3.05, 3.63) is 0 Å². The zero-order chi connectivity index (χ0) is 16.0. The van der Waals surface area contributed by atoms with E-state index in [-0.39, 0.29) is 0 Å². The van der Waals surface area contributed by atoms with Crippen LogP contribution in [0.5, 0.6) is 0 Å². The summed E-state index contributed by atoms with van der Waals surface area (Å²) in [6.07, 6.45) is 12.2. The molecule has 2 aliphatic carbocycles. The molecule has 0 atom stereocenters. The predicted molar refractivity (Wildman–Crippen MR) is 101 cm³/mol. The Labute approximate surface area is 146 Å². The number of hydrogen-bond donors (Lipinski definition) is 2. The highest BCUT2D eigenvalue weighted by molar-refractivity contribution is 7.99. The maximum atomic E-state index is 4.49. The Bertz CT molecular complexity index is 380. The smallest absolute Gasteiger partial charge is 0.191 e. The van der Waals surface area contributed by atoms with Crippen LogP contribution in [-0.2, 0) is 0 Å². The second-order valence-corrected chi connectivity index (χ2v) is 8.66. The first-order chi connectivity index (χ1) is 11.3. The minimum absolute atomic E-state index is 0.380. The molecule has 0 radical (unpaired) electrons. The van der Waals surface area contributed by atoms with Crippen molar-refractivity contribution in [2.24, 2.45) is 4.99 Å². The van der Waals surface area contributed by atoms with Gasteiger partial charge in [0.2, 0.25) is 0 Å². The highest BCUT2D eigenvalue weighted by Crippen LogP contribution is 2.36. The molecule has 2 saturated carbocycles. The highest BCUT2D eigenvalue weighted by atomic mass is 32.2. The van der Waals surface area contributed by atoms with E-state index in [0.717, 1.165) is 12.5 Å². The van der Waals surface area contributed by atoms with Crippen LogP contribution in [0.15, 0.2) is 4.99 Å². The maximum Gasteiger partial charge on any atom is 0.191 e. The van der Waals surface area contributed by atoms with Crippen molar-refractivity contribution >= 4 is 17.7 Å². The molecule has 23 heavy (non-hydrogen) atoms. The topological polar surface area (TPSA) is 39.7 Å². The summed E-state index contributed by atoms with van der Waals surface area (Å²) in [6.45, 7) is 3.59. The zero-order valence-corrected chi connectivity index (χ0v) is 15.6. The van der Waals surface area contributed by atoms with Crippen molar-refractivity contribution in [2.75, 3.05) is 38.2 Å². The molecule has 132 valence electrons.